The van der Waals surface area contributed by atoms with Gasteiger partial charge in [0.2, 0.25) is 0 Å². The summed E-state index contributed by atoms with van der Waals surface area (Å²) in [4.78, 5) is 0. The normalized spacial score (nSPS) is 14.0. The Morgan fingerprint density at radius 1 is 0.551 bits per heavy atom. The highest BCUT2D eigenvalue weighted by atomic mass is 14.2. The van der Waals surface area contributed by atoms with Crippen LogP contribution in [-0.2, 0) is 5.41 Å². The Hall–Kier alpha value is -5.98. The van der Waals surface area contributed by atoms with Gasteiger partial charge in [-0.15, -0.1) is 0 Å². The minimum absolute atomic E-state index is 0.0848. The number of hydrogen-bond donors (Lipinski definition) is 0. The first-order valence-electron chi connectivity index (χ1n) is 17.0. The first-order chi connectivity index (χ1) is 24.0. The second kappa shape index (κ2) is 12.6. The Balaban J connectivity index is 1.21. The van der Waals surface area contributed by atoms with Gasteiger partial charge < -0.3 is 0 Å². The molecular weight excluding hydrogens is 589 g/mol. The maximum absolute atomic E-state index is 3.86. The molecule has 0 saturated heterocycles. The summed E-state index contributed by atoms with van der Waals surface area (Å²) in [6.45, 7) is 8.44. The third-order valence-corrected chi connectivity index (χ3v) is 9.95. The lowest BCUT2D eigenvalue weighted by Crippen LogP contribution is -2.14. The van der Waals surface area contributed by atoms with E-state index in [1.165, 1.54) is 82.4 Å². The molecule has 0 radical (unpaired) electrons. The van der Waals surface area contributed by atoms with E-state index in [0.717, 1.165) is 0 Å². The second-order valence-electron chi connectivity index (χ2n) is 13.4. The summed E-state index contributed by atoms with van der Waals surface area (Å²) >= 11 is 0. The van der Waals surface area contributed by atoms with Crippen molar-refractivity contribution in [3.05, 3.63) is 199 Å². The maximum Gasteiger partial charge on any atom is 0.00845 e. The summed E-state index contributed by atoms with van der Waals surface area (Å²) < 4.78 is 0. The smallest absolute Gasteiger partial charge is 0.00845 e. The molecule has 234 valence electrons. The molecule has 1 aliphatic carbocycles. The van der Waals surface area contributed by atoms with Crippen LogP contribution in [0.1, 0.15) is 36.1 Å². The van der Waals surface area contributed by atoms with Gasteiger partial charge in [-0.1, -0.05) is 190 Å². The molecule has 49 heavy (non-hydrogen) atoms. The molecule has 0 fully saturated rings. The molecule has 7 aromatic rings. The fourth-order valence-corrected chi connectivity index (χ4v) is 7.37. The molecule has 0 aromatic heterocycles. The van der Waals surface area contributed by atoms with E-state index in [9.17, 15) is 0 Å². The molecule has 7 aromatic carbocycles. The molecule has 8 rings (SSSR count). The van der Waals surface area contributed by atoms with Gasteiger partial charge in [-0.25, -0.2) is 0 Å². The molecule has 0 unspecified atom stereocenters. The number of fused-ring (bicyclic) bond motifs is 4. The maximum atomic E-state index is 3.86. The molecule has 1 aliphatic rings. The molecule has 0 heteroatoms. The monoisotopic (exact) mass is 626 g/mol. The van der Waals surface area contributed by atoms with Crippen molar-refractivity contribution in [1.82, 2.24) is 0 Å². The van der Waals surface area contributed by atoms with Crippen molar-refractivity contribution in [2.45, 2.75) is 19.3 Å². The SMILES string of the molecule is C=CC=Cc1ccc(-c2ccc(-c3ccc4ccc(C5=CC=Cc6ccccc6C(C)(C)C=C5)cc4c3)c3ccccc23)c2ccccc12. The summed E-state index contributed by atoms with van der Waals surface area (Å²) in [5.41, 5.74) is 11.1. The summed E-state index contributed by atoms with van der Waals surface area (Å²) in [6, 6.07) is 49.0. The summed E-state index contributed by atoms with van der Waals surface area (Å²) in [7, 11) is 0. The van der Waals surface area contributed by atoms with Gasteiger partial charge in [0.1, 0.15) is 0 Å². The van der Waals surface area contributed by atoms with Crippen LogP contribution in [0.25, 0.3) is 72.3 Å². The van der Waals surface area contributed by atoms with E-state index in [4.69, 9.17) is 0 Å². The predicted molar refractivity (Wildman–Crippen MR) is 215 cm³/mol. The highest BCUT2D eigenvalue weighted by molar-refractivity contribution is 6.11. The van der Waals surface area contributed by atoms with E-state index < -0.39 is 0 Å². The number of rotatable bonds is 5. The highest BCUT2D eigenvalue weighted by Gasteiger charge is 2.20. The van der Waals surface area contributed by atoms with Crippen LogP contribution in [0.3, 0.4) is 0 Å². The Morgan fingerprint density at radius 3 is 1.94 bits per heavy atom. The Kier molecular flexibility index (Phi) is 7.78. The molecule has 0 amide bonds. The average Bonchev–Trinajstić information content (AvgIpc) is 3.20. The van der Waals surface area contributed by atoms with Crippen LogP contribution < -0.4 is 0 Å². The molecular formula is C49H38. The van der Waals surface area contributed by atoms with Gasteiger partial charge in [0, 0.05) is 5.41 Å². The first-order valence-corrected chi connectivity index (χ1v) is 17.0. The molecule has 0 heterocycles. The Labute approximate surface area is 289 Å². The van der Waals surface area contributed by atoms with Crippen molar-refractivity contribution >= 4 is 50.0 Å². The second-order valence-corrected chi connectivity index (χ2v) is 13.4. The van der Waals surface area contributed by atoms with Gasteiger partial charge >= 0.3 is 0 Å². The summed E-state index contributed by atoms with van der Waals surface area (Å²) in [6.07, 6.45) is 17.2. The highest BCUT2D eigenvalue weighted by Crippen LogP contribution is 2.40. The fraction of sp³-hybridized carbons (Fsp3) is 0.0612. The molecule has 0 spiro atoms. The summed E-state index contributed by atoms with van der Waals surface area (Å²) in [5.74, 6) is 0. The standard InChI is InChI=1S/C49H38/c1-4-5-13-36-26-27-46(43-18-8-7-17-41(36)43)47-29-28-42(44-19-9-10-20-45(44)47)39-25-23-35-22-24-38(32-40(35)33-39)34-15-12-16-37-14-6-11-21-48(37)49(2,3)31-30-34/h4-33H,1H2,2-3H3. The van der Waals surface area contributed by atoms with E-state index >= 15 is 0 Å². The zero-order valence-corrected chi connectivity index (χ0v) is 28.0. The molecule has 0 bridgehead atoms. The lowest BCUT2D eigenvalue weighted by atomic mass is 9.81. The van der Waals surface area contributed by atoms with Crippen LogP contribution in [0.4, 0.5) is 0 Å². The third kappa shape index (κ3) is 5.66. The van der Waals surface area contributed by atoms with Crippen molar-refractivity contribution in [2.24, 2.45) is 0 Å². The molecule has 0 nitrogen and oxygen atoms in total. The van der Waals surface area contributed by atoms with Gasteiger partial charge in [0.25, 0.3) is 0 Å². The van der Waals surface area contributed by atoms with Gasteiger partial charge in [-0.3, -0.25) is 0 Å². The minimum atomic E-state index is -0.0848. The van der Waals surface area contributed by atoms with Crippen LogP contribution in [-0.4, -0.2) is 0 Å². The lowest BCUT2D eigenvalue weighted by Gasteiger charge is -2.23. The van der Waals surface area contributed by atoms with Crippen molar-refractivity contribution < 1.29 is 0 Å². The van der Waals surface area contributed by atoms with Gasteiger partial charge in [-0.2, -0.15) is 0 Å². The van der Waals surface area contributed by atoms with E-state index in [-0.39, 0.29) is 5.41 Å². The lowest BCUT2D eigenvalue weighted by molar-refractivity contribution is 0.669. The number of benzene rings is 7. The Morgan fingerprint density at radius 2 is 1.16 bits per heavy atom. The zero-order valence-electron chi connectivity index (χ0n) is 28.0. The quantitative estimate of drug-likeness (QED) is 0.167. The van der Waals surface area contributed by atoms with E-state index in [1.807, 2.05) is 12.2 Å². The van der Waals surface area contributed by atoms with Gasteiger partial charge in [0.05, 0.1) is 0 Å². The summed E-state index contributed by atoms with van der Waals surface area (Å²) in [5, 5.41) is 7.47. The Bertz CT molecular complexity index is 2530. The third-order valence-electron chi connectivity index (χ3n) is 9.95. The fourth-order valence-electron chi connectivity index (χ4n) is 7.37. The van der Waals surface area contributed by atoms with Crippen molar-refractivity contribution in [3.63, 3.8) is 0 Å². The first kappa shape index (κ1) is 30.4. The largest absolute Gasteiger partial charge is 0.0991 e. The molecule has 0 saturated carbocycles. The van der Waals surface area contributed by atoms with Crippen LogP contribution in [0.5, 0.6) is 0 Å². The van der Waals surface area contributed by atoms with E-state index in [1.54, 1.807) is 0 Å². The topological polar surface area (TPSA) is 0 Å². The van der Waals surface area contributed by atoms with Gasteiger partial charge in [-0.05, 0) is 94.5 Å². The van der Waals surface area contributed by atoms with E-state index in [2.05, 4.69) is 190 Å². The molecule has 0 N–H and O–H groups in total. The molecule has 0 atom stereocenters. The van der Waals surface area contributed by atoms with Crippen LogP contribution >= 0.6 is 0 Å². The predicted octanol–water partition coefficient (Wildman–Crippen LogP) is 13.6. The van der Waals surface area contributed by atoms with Crippen LogP contribution in [0.2, 0.25) is 0 Å². The number of hydrogen-bond acceptors (Lipinski definition) is 0. The van der Waals surface area contributed by atoms with Crippen LogP contribution in [0, 0.1) is 0 Å². The van der Waals surface area contributed by atoms with Crippen molar-refractivity contribution in [2.75, 3.05) is 0 Å². The van der Waals surface area contributed by atoms with Crippen molar-refractivity contribution in [3.8, 4) is 22.3 Å². The minimum Gasteiger partial charge on any atom is -0.0991 e. The van der Waals surface area contributed by atoms with Gasteiger partial charge in [0.15, 0.2) is 0 Å². The van der Waals surface area contributed by atoms with Crippen molar-refractivity contribution in [1.29, 1.82) is 0 Å². The zero-order chi connectivity index (χ0) is 33.4. The average molecular weight is 627 g/mol. The molecule has 0 aliphatic heterocycles. The van der Waals surface area contributed by atoms with Crippen LogP contribution in [0.15, 0.2) is 176 Å². The number of allylic oxidation sites excluding steroid dienone is 7. The van der Waals surface area contributed by atoms with E-state index in [0.29, 0.717) is 0 Å².